The van der Waals surface area contributed by atoms with Crippen LogP contribution in [0.1, 0.15) is 32.1 Å². The fraction of sp³-hybridized carbons (Fsp3) is 0.500. The lowest BCUT2D eigenvalue weighted by atomic mass is 9.98. The number of aromatic hydroxyl groups is 1. The number of carbonyl (C=O) groups excluding carboxylic acids is 2. The molecular weight excluding hydrogens is 543 g/mol. The Hall–Kier alpha value is -3.30. The quantitative estimate of drug-likeness (QED) is 0.192. The lowest BCUT2D eigenvalue weighted by molar-refractivity contribution is -0.155. The van der Waals surface area contributed by atoms with E-state index in [1.165, 1.54) is 12.1 Å². The molecule has 1 fully saturated rings. The molecule has 2 heterocycles. The van der Waals surface area contributed by atoms with Gasteiger partial charge in [-0.2, -0.15) is 4.39 Å². The summed E-state index contributed by atoms with van der Waals surface area (Å²) in [6.45, 7) is 2.96. The van der Waals surface area contributed by atoms with Crippen molar-refractivity contribution >= 4 is 24.3 Å². The Balaban J connectivity index is 0.00000533. The van der Waals surface area contributed by atoms with Gasteiger partial charge in [-0.25, -0.2) is 9.59 Å². The largest absolute Gasteiger partial charge is 0.508 e. The molecule has 1 saturated heterocycles. The lowest BCUT2D eigenvalue weighted by Crippen LogP contribution is -2.52. The van der Waals surface area contributed by atoms with Crippen molar-refractivity contribution in [3.8, 4) is 5.75 Å². The van der Waals surface area contributed by atoms with Gasteiger partial charge in [0, 0.05) is 0 Å². The zero-order valence-electron chi connectivity index (χ0n) is 21.2. The van der Waals surface area contributed by atoms with E-state index in [-0.39, 0.29) is 30.5 Å². The van der Waals surface area contributed by atoms with Crippen LogP contribution in [-0.4, -0.2) is 73.7 Å². The number of amides is 1. The highest BCUT2D eigenvalue weighted by Crippen LogP contribution is 2.28. The maximum atomic E-state index is 13.7. The molecule has 0 unspecified atom stereocenters. The zero-order chi connectivity index (χ0) is 28.1. The number of carbonyl (C=O) groups is 2. The first-order chi connectivity index (χ1) is 17.9. The highest BCUT2D eigenvalue weighted by Gasteiger charge is 2.45. The summed E-state index contributed by atoms with van der Waals surface area (Å²) in [5.41, 5.74) is 4.37. The molecule has 2 aromatic rings. The topological polar surface area (TPSA) is 206 Å². The van der Waals surface area contributed by atoms with Crippen molar-refractivity contribution in [3.63, 3.8) is 0 Å². The van der Waals surface area contributed by atoms with E-state index in [9.17, 15) is 38.9 Å². The Kier molecular flexibility index (Phi) is 11.2. The number of aliphatic hydroxyl groups excluding tert-OH is 2. The summed E-state index contributed by atoms with van der Waals surface area (Å²) in [6.07, 6.45) is -5.00. The van der Waals surface area contributed by atoms with Crippen molar-refractivity contribution in [2.45, 2.75) is 63.3 Å². The van der Waals surface area contributed by atoms with Crippen molar-refractivity contribution in [3.05, 3.63) is 62.7 Å². The van der Waals surface area contributed by atoms with Gasteiger partial charge in [-0.05, 0) is 30.0 Å². The number of hydrogen-bond acceptors (Lipinski definition) is 10. The molecule has 3 rings (SSSR count). The third-order valence-corrected chi connectivity index (χ3v) is 6.42. The number of halogens is 2. The fourth-order valence-corrected chi connectivity index (χ4v) is 3.91. The zero-order valence-corrected chi connectivity index (χ0v) is 22.0. The average molecular weight is 575 g/mol. The number of hydrogen-bond donors (Lipinski definition) is 6. The standard InChI is InChI=1S/C24H31FN4O9.ClH/c1-3-11(2)17(27-21(34)15(26)8-12-4-6-13(30)7-5-12)23(35)37-10-16-18(31)19(32)22(38-16)29-9-14(25)20(33)28-24(29)36;/h4-7,9,11,15-19,22,30-32H,3,8,10,26H2,1-2H3,(H,27,34)(H,28,33,36);1H/t11-,15-,16+,17-,18+,19+,22+;/m0./s1. The van der Waals surface area contributed by atoms with Gasteiger partial charge in [-0.3, -0.25) is 19.1 Å². The van der Waals surface area contributed by atoms with E-state index < -0.39 is 72.2 Å². The fourth-order valence-electron chi connectivity index (χ4n) is 3.91. The van der Waals surface area contributed by atoms with Gasteiger partial charge in [0.2, 0.25) is 11.7 Å². The first kappa shape index (κ1) is 31.9. The number of aliphatic hydroxyl groups is 2. The number of phenolic OH excluding ortho intramolecular Hbond substituents is 1. The maximum Gasteiger partial charge on any atom is 0.330 e. The van der Waals surface area contributed by atoms with Crippen molar-refractivity contribution in [2.75, 3.05) is 6.61 Å². The predicted molar refractivity (Wildman–Crippen MR) is 137 cm³/mol. The van der Waals surface area contributed by atoms with Crippen LogP contribution in [0.5, 0.6) is 5.75 Å². The van der Waals surface area contributed by atoms with Gasteiger partial charge in [0.1, 0.15) is 36.7 Å². The van der Waals surface area contributed by atoms with Crippen LogP contribution in [0.15, 0.2) is 40.1 Å². The molecule has 1 aliphatic heterocycles. The summed E-state index contributed by atoms with van der Waals surface area (Å²) < 4.78 is 24.9. The number of aromatic amines is 1. The molecule has 1 amide bonds. The van der Waals surface area contributed by atoms with Crippen molar-refractivity contribution < 1.29 is 38.8 Å². The Morgan fingerprint density at radius 1 is 1.23 bits per heavy atom. The summed E-state index contributed by atoms with van der Waals surface area (Å²) in [5.74, 6) is -3.04. The number of nitrogens with one attached hydrogen (secondary N) is 2. The predicted octanol–water partition coefficient (Wildman–Crippen LogP) is -0.934. The van der Waals surface area contributed by atoms with Gasteiger partial charge in [0.05, 0.1) is 12.2 Å². The second-order valence-electron chi connectivity index (χ2n) is 9.17. The molecule has 15 heteroatoms. The molecule has 0 aliphatic carbocycles. The number of H-pyrrole nitrogens is 1. The number of ether oxygens (including phenoxy) is 2. The van der Waals surface area contributed by atoms with Crippen molar-refractivity contribution in [2.24, 2.45) is 11.7 Å². The van der Waals surface area contributed by atoms with Crippen LogP contribution in [0.25, 0.3) is 0 Å². The van der Waals surface area contributed by atoms with Gasteiger partial charge in [-0.15, -0.1) is 12.4 Å². The molecule has 13 nitrogen and oxygen atoms in total. The molecule has 0 bridgehead atoms. The molecule has 39 heavy (non-hydrogen) atoms. The summed E-state index contributed by atoms with van der Waals surface area (Å²) in [5, 5.41) is 32.6. The van der Waals surface area contributed by atoms with E-state index in [1.54, 1.807) is 31.0 Å². The lowest BCUT2D eigenvalue weighted by Gasteiger charge is -2.25. The first-order valence-electron chi connectivity index (χ1n) is 12.0. The highest BCUT2D eigenvalue weighted by molar-refractivity contribution is 5.87. The van der Waals surface area contributed by atoms with Gasteiger partial charge in [0.25, 0.3) is 5.56 Å². The summed E-state index contributed by atoms with van der Waals surface area (Å²) >= 11 is 0. The average Bonchev–Trinajstić information content (AvgIpc) is 3.17. The second kappa shape index (κ2) is 13.7. The van der Waals surface area contributed by atoms with Crippen LogP contribution in [0.3, 0.4) is 0 Å². The Labute approximate surface area is 228 Å². The SMILES string of the molecule is CC[C@H](C)[C@H](NC(=O)[C@@H](N)Cc1ccc(O)cc1)C(=O)OC[C@H]1O[C@@H](n2cc(F)c(=O)[nH]c2=O)[C@H](O)[C@@H]1O.Cl. The van der Waals surface area contributed by atoms with E-state index in [0.29, 0.717) is 22.7 Å². The third kappa shape index (κ3) is 7.64. The Bertz CT molecular complexity index is 1260. The van der Waals surface area contributed by atoms with Crippen LogP contribution in [0.2, 0.25) is 0 Å². The number of aromatic nitrogens is 2. The summed E-state index contributed by atoms with van der Waals surface area (Å²) in [4.78, 5) is 50.6. The number of benzene rings is 1. The number of nitrogens with two attached hydrogens (primary N) is 1. The summed E-state index contributed by atoms with van der Waals surface area (Å²) in [6, 6.07) is 4.08. The number of nitrogens with zero attached hydrogens (tertiary/aromatic N) is 1. The number of rotatable bonds is 10. The minimum absolute atomic E-state index is 0. The molecule has 1 aromatic carbocycles. The molecule has 0 saturated carbocycles. The van der Waals surface area contributed by atoms with Crippen molar-refractivity contribution in [1.82, 2.24) is 14.9 Å². The molecule has 0 radical (unpaired) electrons. The Morgan fingerprint density at radius 2 is 1.87 bits per heavy atom. The minimum atomic E-state index is -1.70. The van der Waals surface area contributed by atoms with Gasteiger partial charge in [0.15, 0.2) is 6.23 Å². The Morgan fingerprint density at radius 3 is 2.49 bits per heavy atom. The number of phenols is 1. The minimum Gasteiger partial charge on any atom is -0.508 e. The maximum absolute atomic E-state index is 13.7. The van der Waals surface area contributed by atoms with Crippen LogP contribution >= 0.6 is 12.4 Å². The second-order valence-corrected chi connectivity index (χ2v) is 9.17. The smallest absolute Gasteiger partial charge is 0.330 e. The van der Waals surface area contributed by atoms with Crippen LogP contribution in [0, 0.1) is 11.7 Å². The van der Waals surface area contributed by atoms with E-state index in [2.05, 4.69) is 5.32 Å². The normalized spacial score (nSPS) is 22.8. The molecule has 216 valence electrons. The molecule has 1 aliphatic rings. The van der Waals surface area contributed by atoms with Crippen LogP contribution < -0.4 is 22.3 Å². The van der Waals surface area contributed by atoms with E-state index >= 15 is 0 Å². The molecule has 7 N–H and O–H groups in total. The first-order valence-corrected chi connectivity index (χ1v) is 12.0. The molecular formula is C24H32ClFN4O9. The van der Waals surface area contributed by atoms with Gasteiger partial charge in [-0.1, -0.05) is 32.4 Å². The van der Waals surface area contributed by atoms with Crippen LogP contribution in [-0.2, 0) is 25.5 Å². The summed E-state index contributed by atoms with van der Waals surface area (Å²) in [7, 11) is 0. The molecule has 0 spiro atoms. The molecule has 1 aromatic heterocycles. The van der Waals surface area contributed by atoms with Crippen LogP contribution in [0.4, 0.5) is 4.39 Å². The van der Waals surface area contributed by atoms with E-state index in [0.717, 1.165) is 0 Å². The third-order valence-electron chi connectivity index (χ3n) is 6.42. The molecule has 7 atom stereocenters. The monoisotopic (exact) mass is 574 g/mol. The van der Waals surface area contributed by atoms with E-state index in [1.807, 2.05) is 0 Å². The number of esters is 1. The van der Waals surface area contributed by atoms with Gasteiger partial charge >= 0.3 is 11.7 Å². The van der Waals surface area contributed by atoms with Crippen molar-refractivity contribution in [1.29, 1.82) is 0 Å². The highest BCUT2D eigenvalue weighted by atomic mass is 35.5. The van der Waals surface area contributed by atoms with E-state index in [4.69, 9.17) is 15.2 Å². The van der Waals surface area contributed by atoms with Gasteiger partial charge < -0.3 is 35.8 Å².